The molecule has 3 aromatic rings. The van der Waals surface area contributed by atoms with Gasteiger partial charge in [0.1, 0.15) is 11.5 Å². The molecule has 122 valence electrons. The molecular weight excluding hydrogens is 313 g/mol. The number of aryl methyl sites for hydroxylation is 1. The summed E-state index contributed by atoms with van der Waals surface area (Å²) in [6, 6.07) is 7.03. The summed E-state index contributed by atoms with van der Waals surface area (Å²) in [6.45, 7) is 1.83. The third-order valence-corrected chi connectivity index (χ3v) is 3.31. The van der Waals surface area contributed by atoms with Crippen molar-refractivity contribution < 1.29 is 14.0 Å². The number of halogens is 1. The quantitative estimate of drug-likeness (QED) is 0.592. The Morgan fingerprint density at radius 3 is 2.54 bits per heavy atom. The molecule has 7 nitrogen and oxygen atoms in total. The Bertz CT molecular complexity index is 882. The molecule has 1 aromatic carbocycles. The fourth-order valence-electron chi connectivity index (χ4n) is 2.11. The predicted molar refractivity (Wildman–Crippen MR) is 86.4 cm³/mol. The van der Waals surface area contributed by atoms with Crippen LogP contribution in [0.4, 0.5) is 15.8 Å². The van der Waals surface area contributed by atoms with Gasteiger partial charge in [0.25, 0.3) is 11.8 Å². The highest BCUT2D eigenvalue weighted by atomic mass is 19.1. The van der Waals surface area contributed by atoms with E-state index in [1.54, 1.807) is 12.3 Å². The minimum Gasteiger partial charge on any atom is -0.364 e. The predicted octanol–water partition coefficient (Wildman–Crippen LogP) is 2.69. The summed E-state index contributed by atoms with van der Waals surface area (Å²) in [6.07, 6.45) is 2.92. The number of H-pyrrole nitrogens is 2. The van der Waals surface area contributed by atoms with Crippen molar-refractivity contribution in [3.63, 3.8) is 0 Å². The maximum Gasteiger partial charge on any atom is 0.275 e. The number of hydrogen-bond acceptors (Lipinski definition) is 3. The van der Waals surface area contributed by atoms with Crippen molar-refractivity contribution in [2.24, 2.45) is 0 Å². The van der Waals surface area contributed by atoms with Gasteiger partial charge in [0.05, 0.1) is 17.4 Å². The van der Waals surface area contributed by atoms with Crippen LogP contribution in [0.1, 0.15) is 26.5 Å². The molecule has 0 spiro atoms. The Morgan fingerprint density at radius 1 is 1.12 bits per heavy atom. The smallest absolute Gasteiger partial charge is 0.275 e. The highest BCUT2D eigenvalue weighted by molar-refractivity contribution is 6.11. The Morgan fingerprint density at radius 2 is 1.88 bits per heavy atom. The number of benzene rings is 1. The number of amides is 2. The summed E-state index contributed by atoms with van der Waals surface area (Å²) in [4.78, 5) is 27.3. The highest BCUT2D eigenvalue weighted by Gasteiger charge is 2.17. The summed E-state index contributed by atoms with van der Waals surface area (Å²) in [5.74, 6) is -1.26. The molecular formula is C16H14FN5O2. The van der Waals surface area contributed by atoms with Crippen LogP contribution in [0.15, 0.2) is 42.7 Å². The van der Waals surface area contributed by atoms with Gasteiger partial charge in [-0.3, -0.25) is 14.7 Å². The molecule has 2 heterocycles. The molecule has 8 heteroatoms. The van der Waals surface area contributed by atoms with Gasteiger partial charge in [0.15, 0.2) is 0 Å². The number of nitrogens with zero attached hydrogens (tertiary/aromatic N) is 1. The molecule has 0 bridgehead atoms. The fraction of sp³-hybridized carbons (Fsp3) is 0.0625. The summed E-state index contributed by atoms with van der Waals surface area (Å²) in [7, 11) is 0. The molecule has 0 radical (unpaired) electrons. The van der Waals surface area contributed by atoms with Crippen molar-refractivity contribution in [2.75, 3.05) is 10.6 Å². The van der Waals surface area contributed by atoms with Gasteiger partial charge in [-0.2, -0.15) is 5.10 Å². The van der Waals surface area contributed by atoms with Gasteiger partial charge in [-0.25, -0.2) is 4.39 Å². The maximum absolute atomic E-state index is 12.9. The minimum absolute atomic E-state index is 0.0972. The van der Waals surface area contributed by atoms with Gasteiger partial charge >= 0.3 is 0 Å². The van der Waals surface area contributed by atoms with E-state index >= 15 is 0 Å². The van der Waals surface area contributed by atoms with Crippen molar-refractivity contribution in [2.45, 2.75) is 6.92 Å². The Labute approximate surface area is 136 Å². The van der Waals surface area contributed by atoms with E-state index < -0.39 is 11.7 Å². The zero-order chi connectivity index (χ0) is 17.1. The van der Waals surface area contributed by atoms with E-state index in [2.05, 4.69) is 25.8 Å². The average molecular weight is 327 g/mol. The van der Waals surface area contributed by atoms with Crippen LogP contribution in [-0.4, -0.2) is 27.0 Å². The summed E-state index contributed by atoms with van der Waals surface area (Å²) in [5, 5.41) is 11.5. The Balaban J connectivity index is 1.73. The molecule has 2 amide bonds. The van der Waals surface area contributed by atoms with Crippen molar-refractivity contribution in [1.82, 2.24) is 15.2 Å². The van der Waals surface area contributed by atoms with E-state index in [0.717, 1.165) is 5.69 Å². The number of nitrogens with one attached hydrogen (secondary N) is 4. The second-order valence-corrected chi connectivity index (χ2v) is 5.15. The summed E-state index contributed by atoms with van der Waals surface area (Å²) in [5.41, 5.74) is 2.06. The molecule has 0 aliphatic carbocycles. The lowest BCUT2D eigenvalue weighted by molar-refractivity contribution is 0.102. The number of hydrogen-bond donors (Lipinski definition) is 4. The van der Waals surface area contributed by atoms with Crippen LogP contribution in [0, 0.1) is 12.7 Å². The first-order valence-corrected chi connectivity index (χ1v) is 7.09. The third kappa shape index (κ3) is 3.32. The highest BCUT2D eigenvalue weighted by Crippen LogP contribution is 2.16. The Kier molecular flexibility index (Phi) is 4.11. The molecule has 0 atom stereocenters. The standard InChI is InChI=1S/C16H14FN5O2/c1-9-6-10(7-18-9)15(23)21-13-8-19-22-14(13)16(24)20-12-4-2-11(17)3-5-12/h2-8,18H,1H3,(H,19,22)(H,20,24)(H,21,23). The van der Waals surface area contributed by atoms with Gasteiger partial charge < -0.3 is 15.6 Å². The monoisotopic (exact) mass is 327 g/mol. The maximum atomic E-state index is 12.9. The van der Waals surface area contributed by atoms with Crippen molar-refractivity contribution in [3.8, 4) is 0 Å². The second-order valence-electron chi connectivity index (χ2n) is 5.15. The number of carbonyl (C=O) groups is 2. The van der Waals surface area contributed by atoms with Gasteiger partial charge in [0.2, 0.25) is 0 Å². The van der Waals surface area contributed by atoms with E-state index in [9.17, 15) is 14.0 Å². The second kappa shape index (κ2) is 6.37. The van der Waals surface area contributed by atoms with Crippen molar-refractivity contribution in [3.05, 3.63) is 65.5 Å². The topological polar surface area (TPSA) is 103 Å². The first-order valence-electron chi connectivity index (χ1n) is 7.09. The van der Waals surface area contributed by atoms with Crippen LogP contribution >= 0.6 is 0 Å². The van der Waals surface area contributed by atoms with Gasteiger partial charge in [-0.1, -0.05) is 0 Å². The van der Waals surface area contributed by atoms with Gasteiger partial charge in [-0.15, -0.1) is 0 Å². The molecule has 3 rings (SSSR count). The molecule has 0 aliphatic rings. The average Bonchev–Trinajstić information content (AvgIpc) is 3.18. The van der Waals surface area contributed by atoms with Crippen LogP contribution in [0.25, 0.3) is 0 Å². The number of aromatic nitrogens is 3. The lowest BCUT2D eigenvalue weighted by Gasteiger charge is -2.06. The molecule has 24 heavy (non-hydrogen) atoms. The molecule has 0 saturated carbocycles. The number of rotatable bonds is 4. The number of carbonyl (C=O) groups excluding carboxylic acids is 2. The number of aromatic amines is 2. The lowest BCUT2D eigenvalue weighted by Crippen LogP contribution is -2.17. The summed E-state index contributed by atoms with van der Waals surface area (Å²) < 4.78 is 12.9. The van der Waals surface area contributed by atoms with E-state index in [1.807, 2.05) is 6.92 Å². The number of anilines is 2. The van der Waals surface area contributed by atoms with Gasteiger partial charge in [-0.05, 0) is 37.3 Å². The van der Waals surface area contributed by atoms with Crippen LogP contribution in [0.5, 0.6) is 0 Å². The zero-order valence-electron chi connectivity index (χ0n) is 12.7. The first-order chi connectivity index (χ1) is 11.5. The summed E-state index contributed by atoms with van der Waals surface area (Å²) >= 11 is 0. The van der Waals surface area contributed by atoms with Gasteiger partial charge in [0, 0.05) is 17.6 Å². The SMILES string of the molecule is Cc1cc(C(=O)Nc2cn[nH]c2C(=O)Nc2ccc(F)cc2)c[nH]1. The van der Waals surface area contributed by atoms with Crippen molar-refractivity contribution >= 4 is 23.2 Å². The van der Waals surface area contributed by atoms with E-state index in [-0.39, 0.29) is 17.3 Å². The molecule has 0 saturated heterocycles. The molecule has 0 aliphatic heterocycles. The molecule has 0 unspecified atom stereocenters. The third-order valence-electron chi connectivity index (χ3n) is 3.31. The molecule has 2 aromatic heterocycles. The van der Waals surface area contributed by atoms with E-state index in [0.29, 0.717) is 11.3 Å². The van der Waals surface area contributed by atoms with Crippen LogP contribution in [0.2, 0.25) is 0 Å². The molecule has 0 fully saturated rings. The Hall–Kier alpha value is -3.42. The van der Waals surface area contributed by atoms with Crippen LogP contribution < -0.4 is 10.6 Å². The van der Waals surface area contributed by atoms with Crippen molar-refractivity contribution in [1.29, 1.82) is 0 Å². The fourth-order valence-corrected chi connectivity index (χ4v) is 2.11. The largest absolute Gasteiger partial charge is 0.364 e. The van der Waals surface area contributed by atoms with Crippen LogP contribution in [-0.2, 0) is 0 Å². The lowest BCUT2D eigenvalue weighted by atomic mass is 10.2. The van der Waals surface area contributed by atoms with Crippen LogP contribution in [0.3, 0.4) is 0 Å². The normalized spacial score (nSPS) is 10.4. The molecule has 4 N–H and O–H groups in total. The first kappa shape index (κ1) is 15.5. The van der Waals surface area contributed by atoms with E-state index in [4.69, 9.17) is 0 Å². The van der Waals surface area contributed by atoms with E-state index in [1.165, 1.54) is 30.5 Å². The minimum atomic E-state index is -0.500. The zero-order valence-corrected chi connectivity index (χ0v) is 12.7.